The Kier molecular flexibility index (Phi) is 3.93. The van der Waals surface area contributed by atoms with Crippen LogP contribution in [0.5, 0.6) is 0 Å². The van der Waals surface area contributed by atoms with Gasteiger partial charge in [0.05, 0.1) is 5.52 Å². The van der Waals surface area contributed by atoms with E-state index in [-0.39, 0.29) is 11.9 Å². The second-order valence-electron chi connectivity index (χ2n) is 5.06. The van der Waals surface area contributed by atoms with Crippen molar-refractivity contribution in [2.45, 2.75) is 12.5 Å². The van der Waals surface area contributed by atoms with Crippen LogP contribution in [-0.4, -0.2) is 12.0 Å². The van der Waals surface area contributed by atoms with Crippen LogP contribution in [0.3, 0.4) is 0 Å². The van der Waals surface area contributed by atoms with E-state index in [4.69, 9.17) is 0 Å². The van der Waals surface area contributed by atoms with Gasteiger partial charge in [-0.05, 0) is 36.7 Å². The fourth-order valence-corrected chi connectivity index (χ4v) is 2.66. The number of hydrogen-bond acceptors (Lipinski definition) is 2. The Morgan fingerprint density at radius 3 is 2.67 bits per heavy atom. The number of likely N-dealkylation sites (N-methyl/N-ethyl adjacent to an activating group) is 1. The van der Waals surface area contributed by atoms with Crippen LogP contribution in [0.25, 0.3) is 10.9 Å². The van der Waals surface area contributed by atoms with E-state index in [0.29, 0.717) is 12.0 Å². The minimum Gasteiger partial charge on any atom is -0.313 e. The summed E-state index contributed by atoms with van der Waals surface area (Å²) in [5, 5.41) is 4.38. The summed E-state index contributed by atoms with van der Waals surface area (Å²) in [6.07, 6.45) is 2.39. The summed E-state index contributed by atoms with van der Waals surface area (Å²) < 4.78 is 13.9. The molecule has 3 aromatic rings. The zero-order valence-electron chi connectivity index (χ0n) is 11.9. The van der Waals surface area contributed by atoms with Gasteiger partial charge in [-0.25, -0.2) is 4.39 Å². The van der Waals surface area contributed by atoms with Crippen molar-refractivity contribution in [3.8, 4) is 0 Å². The Labute approximate surface area is 123 Å². The molecule has 0 amide bonds. The Morgan fingerprint density at radius 2 is 1.86 bits per heavy atom. The van der Waals surface area contributed by atoms with E-state index in [1.54, 1.807) is 12.3 Å². The summed E-state index contributed by atoms with van der Waals surface area (Å²) >= 11 is 0. The minimum atomic E-state index is -0.161. The van der Waals surface area contributed by atoms with E-state index in [1.807, 2.05) is 43.4 Å². The van der Waals surface area contributed by atoms with Crippen molar-refractivity contribution in [3.05, 3.63) is 77.7 Å². The van der Waals surface area contributed by atoms with E-state index in [9.17, 15) is 4.39 Å². The van der Waals surface area contributed by atoms with Crippen LogP contribution in [0.2, 0.25) is 0 Å². The predicted molar refractivity (Wildman–Crippen MR) is 83.6 cm³/mol. The van der Waals surface area contributed by atoms with Gasteiger partial charge in [-0.15, -0.1) is 0 Å². The fraction of sp³-hybridized carbons (Fsp3) is 0.167. The van der Waals surface area contributed by atoms with Crippen LogP contribution in [0.4, 0.5) is 4.39 Å². The average molecular weight is 280 g/mol. The highest BCUT2D eigenvalue weighted by atomic mass is 19.1. The summed E-state index contributed by atoms with van der Waals surface area (Å²) in [7, 11) is 1.90. The number of para-hydroxylation sites is 1. The first-order chi connectivity index (χ1) is 10.3. The second kappa shape index (κ2) is 6.02. The Balaban J connectivity index is 2.01. The number of aromatic nitrogens is 1. The summed E-state index contributed by atoms with van der Waals surface area (Å²) in [4.78, 5) is 4.48. The molecule has 106 valence electrons. The van der Waals surface area contributed by atoms with E-state index < -0.39 is 0 Å². The van der Waals surface area contributed by atoms with Crippen molar-refractivity contribution in [1.82, 2.24) is 10.3 Å². The number of rotatable bonds is 4. The molecule has 0 aliphatic carbocycles. The van der Waals surface area contributed by atoms with Gasteiger partial charge in [0.1, 0.15) is 5.82 Å². The van der Waals surface area contributed by atoms with Crippen LogP contribution in [0, 0.1) is 5.82 Å². The molecular formula is C18H17FN2. The third-order valence-corrected chi connectivity index (χ3v) is 3.77. The first-order valence-electron chi connectivity index (χ1n) is 7.04. The van der Waals surface area contributed by atoms with Crippen molar-refractivity contribution in [1.29, 1.82) is 0 Å². The monoisotopic (exact) mass is 280 g/mol. The zero-order valence-corrected chi connectivity index (χ0v) is 11.9. The maximum absolute atomic E-state index is 13.9. The molecule has 2 nitrogen and oxygen atoms in total. The van der Waals surface area contributed by atoms with Gasteiger partial charge in [0.15, 0.2) is 0 Å². The Morgan fingerprint density at radius 1 is 1.05 bits per heavy atom. The molecular weight excluding hydrogens is 263 g/mol. The van der Waals surface area contributed by atoms with Crippen LogP contribution >= 0.6 is 0 Å². The maximum Gasteiger partial charge on any atom is 0.126 e. The quantitative estimate of drug-likeness (QED) is 0.784. The lowest BCUT2D eigenvalue weighted by Crippen LogP contribution is -2.20. The Hall–Kier alpha value is -2.26. The first kappa shape index (κ1) is 13.7. The third-order valence-electron chi connectivity index (χ3n) is 3.77. The summed E-state index contributed by atoms with van der Waals surface area (Å²) in [6.45, 7) is 0. The standard InChI is InChI=1S/C18H17FN2/c1-20-17(12-14-6-2-3-10-16(14)19)15-9-4-7-13-8-5-11-21-18(13)15/h2-11,17,20H,12H2,1H3. The van der Waals surface area contributed by atoms with Gasteiger partial charge < -0.3 is 5.32 Å². The summed E-state index contributed by atoms with van der Waals surface area (Å²) in [6, 6.07) is 17.0. The lowest BCUT2D eigenvalue weighted by atomic mass is 9.96. The third kappa shape index (κ3) is 2.78. The van der Waals surface area contributed by atoms with E-state index in [2.05, 4.69) is 16.4 Å². The van der Waals surface area contributed by atoms with Crippen molar-refractivity contribution in [3.63, 3.8) is 0 Å². The number of pyridine rings is 1. The molecule has 1 N–H and O–H groups in total. The van der Waals surface area contributed by atoms with Crippen LogP contribution < -0.4 is 5.32 Å². The summed E-state index contributed by atoms with van der Waals surface area (Å²) in [5.74, 6) is -0.161. The summed E-state index contributed by atoms with van der Waals surface area (Å²) in [5.41, 5.74) is 2.78. The predicted octanol–water partition coefficient (Wildman–Crippen LogP) is 3.88. The molecule has 0 aliphatic rings. The SMILES string of the molecule is CNC(Cc1ccccc1F)c1cccc2cccnc12. The topological polar surface area (TPSA) is 24.9 Å². The van der Waals surface area contributed by atoms with Crippen molar-refractivity contribution >= 4 is 10.9 Å². The van der Waals surface area contributed by atoms with Crippen molar-refractivity contribution in [2.75, 3.05) is 7.05 Å². The number of nitrogens with one attached hydrogen (secondary N) is 1. The lowest BCUT2D eigenvalue weighted by Gasteiger charge is -2.18. The van der Waals surface area contributed by atoms with Crippen LogP contribution in [-0.2, 0) is 6.42 Å². The largest absolute Gasteiger partial charge is 0.313 e. The Bertz CT molecular complexity index is 750. The normalized spacial score (nSPS) is 12.5. The van der Waals surface area contributed by atoms with Gasteiger partial charge >= 0.3 is 0 Å². The van der Waals surface area contributed by atoms with Crippen molar-refractivity contribution < 1.29 is 4.39 Å². The average Bonchev–Trinajstić information content (AvgIpc) is 2.54. The molecule has 1 atom stereocenters. The highest BCUT2D eigenvalue weighted by Crippen LogP contribution is 2.25. The highest BCUT2D eigenvalue weighted by molar-refractivity contribution is 5.82. The number of halogens is 1. The fourth-order valence-electron chi connectivity index (χ4n) is 2.66. The molecule has 0 radical (unpaired) electrons. The molecule has 1 aromatic heterocycles. The zero-order chi connectivity index (χ0) is 14.7. The molecule has 21 heavy (non-hydrogen) atoms. The second-order valence-corrected chi connectivity index (χ2v) is 5.06. The smallest absolute Gasteiger partial charge is 0.126 e. The van der Waals surface area contributed by atoms with Gasteiger partial charge in [-0.1, -0.05) is 42.5 Å². The van der Waals surface area contributed by atoms with Gasteiger partial charge in [-0.3, -0.25) is 4.98 Å². The number of nitrogens with zero attached hydrogens (tertiary/aromatic N) is 1. The molecule has 0 fully saturated rings. The molecule has 2 aromatic carbocycles. The molecule has 0 saturated heterocycles. The molecule has 1 unspecified atom stereocenters. The minimum absolute atomic E-state index is 0.0282. The molecule has 1 heterocycles. The lowest BCUT2D eigenvalue weighted by molar-refractivity contribution is 0.556. The molecule has 3 rings (SSSR count). The highest BCUT2D eigenvalue weighted by Gasteiger charge is 2.15. The van der Waals surface area contributed by atoms with Gasteiger partial charge in [0.25, 0.3) is 0 Å². The maximum atomic E-state index is 13.9. The molecule has 0 bridgehead atoms. The van der Waals surface area contributed by atoms with E-state index >= 15 is 0 Å². The van der Waals surface area contributed by atoms with E-state index in [0.717, 1.165) is 16.5 Å². The molecule has 0 saturated carbocycles. The van der Waals surface area contributed by atoms with Gasteiger partial charge in [-0.2, -0.15) is 0 Å². The van der Waals surface area contributed by atoms with E-state index in [1.165, 1.54) is 6.07 Å². The molecule has 0 spiro atoms. The first-order valence-corrected chi connectivity index (χ1v) is 7.04. The van der Waals surface area contributed by atoms with Crippen LogP contribution in [0.15, 0.2) is 60.8 Å². The van der Waals surface area contributed by atoms with Gasteiger partial charge in [0.2, 0.25) is 0 Å². The molecule has 3 heteroatoms. The van der Waals surface area contributed by atoms with Crippen molar-refractivity contribution in [2.24, 2.45) is 0 Å². The van der Waals surface area contributed by atoms with Gasteiger partial charge in [0, 0.05) is 17.6 Å². The number of hydrogen-bond donors (Lipinski definition) is 1. The number of fused-ring (bicyclic) bond motifs is 1. The molecule has 0 aliphatic heterocycles. The number of benzene rings is 2. The van der Waals surface area contributed by atoms with Crippen LogP contribution in [0.1, 0.15) is 17.2 Å².